The van der Waals surface area contributed by atoms with Gasteiger partial charge in [0.05, 0.1) is 0 Å². The molecule has 0 bridgehead atoms. The van der Waals surface area contributed by atoms with Gasteiger partial charge < -0.3 is 5.73 Å². The van der Waals surface area contributed by atoms with E-state index >= 15 is 0 Å². The van der Waals surface area contributed by atoms with Crippen molar-refractivity contribution in [2.45, 2.75) is 6.42 Å². The maximum atomic E-state index is 10.6. The predicted octanol–water partition coefficient (Wildman–Crippen LogP) is -1.59. The molecule has 0 amide bonds. The molecule has 3 N–H and O–H groups in total. The molecule has 5 nitrogen and oxygen atoms in total. The van der Waals surface area contributed by atoms with E-state index in [1.807, 2.05) is 4.72 Å². The monoisotopic (exact) mass is 166 g/mol. The zero-order valence-electron chi connectivity index (χ0n) is 5.62. The quantitative estimate of drug-likeness (QED) is 0.529. The van der Waals surface area contributed by atoms with Crippen LogP contribution in [0.2, 0.25) is 0 Å². The van der Waals surface area contributed by atoms with E-state index < -0.39 is 15.1 Å². The van der Waals surface area contributed by atoms with Crippen LogP contribution in [-0.4, -0.2) is 27.1 Å². The molecule has 0 aliphatic heterocycles. The number of hydrogen-bond acceptors (Lipinski definition) is 4. The van der Waals surface area contributed by atoms with Crippen molar-refractivity contribution in [3.05, 3.63) is 0 Å². The zero-order chi connectivity index (χ0) is 8.20. The molecule has 0 fully saturated rings. The smallest absolute Gasteiger partial charge is 0.274 e. The van der Waals surface area contributed by atoms with Crippen LogP contribution in [0.1, 0.15) is 6.42 Å². The topological polar surface area (TPSA) is 89.3 Å². The third kappa shape index (κ3) is 2.42. The van der Waals surface area contributed by atoms with Gasteiger partial charge in [-0.3, -0.25) is 4.79 Å². The average molecular weight is 166 g/mol. The van der Waals surface area contributed by atoms with Crippen molar-refractivity contribution < 1.29 is 13.2 Å². The molecule has 0 rings (SSSR count). The number of hydrogen-bond donors (Lipinski definition) is 2. The number of rotatable bonds is 3. The molecule has 6 heteroatoms. The molecule has 0 radical (unpaired) electrons. The van der Waals surface area contributed by atoms with Crippen molar-refractivity contribution >= 4 is 15.1 Å². The summed E-state index contributed by atoms with van der Waals surface area (Å²) >= 11 is 0. The molecule has 0 atom stereocenters. The van der Waals surface area contributed by atoms with Crippen LogP contribution in [0.3, 0.4) is 0 Å². The van der Waals surface area contributed by atoms with Gasteiger partial charge in [-0.25, -0.2) is 13.1 Å². The molecule has 0 aromatic carbocycles. The van der Waals surface area contributed by atoms with Crippen LogP contribution in [0.25, 0.3) is 0 Å². The Hall–Kier alpha value is -0.460. The second-order valence-electron chi connectivity index (χ2n) is 1.62. The van der Waals surface area contributed by atoms with Crippen LogP contribution in [-0.2, 0) is 14.8 Å². The summed E-state index contributed by atoms with van der Waals surface area (Å²) in [6, 6.07) is 0. The largest absolute Gasteiger partial charge is 0.330 e. The second kappa shape index (κ2) is 3.65. The predicted molar refractivity (Wildman–Crippen MR) is 36.7 cm³/mol. The van der Waals surface area contributed by atoms with Crippen molar-refractivity contribution in [2.75, 3.05) is 13.6 Å². The SMILES string of the molecule is CNS(=O)(=O)C(=O)CCN. The van der Waals surface area contributed by atoms with Crippen LogP contribution >= 0.6 is 0 Å². The van der Waals surface area contributed by atoms with Gasteiger partial charge in [0.2, 0.25) is 0 Å². The molecule has 0 heterocycles. The summed E-state index contributed by atoms with van der Waals surface area (Å²) in [6.07, 6.45) is -0.136. The minimum Gasteiger partial charge on any atom is -0.330 e. The normalized spacial score (nSPS) is 11.4. The molecule has 0 saturated heterocycles. The Morgan fingerprint density at radius 3 is 2.40 bits per heavy atom. The fourth-order valence-corrected chi connectivity index (χ4v) is 0.980. The van der Waals surface area contributed by atoms with Crippen LogP contribution in [0, 0.1) is 0 Å². The lowest BCUT2D eigenvalue weighted by molar-refractivity contribution is -0.111. The van der Waals surface area contributed by atoms with Crippen molar-refractivity contribution in [2.24, 2.45) is 5.73 Å². The lowest BCUT2D eigenvalue weighted by atomic mass is 10.5. The molecule has 60 valence electrons. The van der Waals surface area contributed by atoms with Crippen molar-refractivity contribution in [3.8, 4) is 0 Å². The molecule has 0 aromatic rings. The first kappa shape index (κ1) is 9.54. The maximum absolute atomic E-state index is 10.6. The highest BCUT2D eigenvalue weighted by atomic mass is 32.2. The van der Waals surface area contributed by atoms with Gasteiger partial charge in [-0.05, 0) is 7.05 Å². The summed E-state index contributed by atoms with van der Waals surface area (Å²) in [7, 11) is -2.54. The van der Waals surface area contributed by atoms with E-state index in [9.17, 15) is 13.2 Å². The van der Waals surface area contributed by atoms with Crippen molar-refractivity contribution in [3.63, 3.8) is 0 Å². The third-order valence-corrected chi connectivity index (χ3v) is 2.26. The van der Waals surface area contributed by atoms with Crippen LogP contribution < -0.4 is 10.5 Å². The molecule has 0 aliphatic carbocycles. The highest BCUT2D eigenvalue weighted by Gasteiger charge is 2.17. The van der Waals surface area contributed by atoms with Gasteiger partial charge in [-0.1, -0.05) is 0 Å². The van der Waals surface area contributed by atoms with E-state index in [0.717, 1.165) is 0 Å². The van der Waals surface area contributed by atoms with Gasteiger partial charge in [0.15, 0.2) is 0 Å². The van der Waals surface area contributed by atoms with Crippen LogP contribution in [0.5, 0.6) is 0 Å². The van der Waals surface area contributed by atoms with Crippen LogP contribution in [0.15, 0.2) is 0 Å². The highest BCUT2D eigenvalue weighted by Crippen LogP contribution is 1.88. The third-order valence-electron chi connectivity index (χ3n) is 0.917. The Balaban J connectivity index is 4.21. The number of sulfonamides is 1. The summed E-state index contributed by atoms with van der Waals surface area (Å²) in [6.45, 7) is 0.0553. The first-order chi connectivity index (χ1) is 4.54. The first-order valence-electron chi connectivity index (χ1n) is 2.71. The molecule has 0 aromatic heterocycles. The Morgan fingerprint density at radius 1 is 1.60 bits per heavy atom. The van der Waals surface area contributed by atoms with Crippen LogP contribution in [0.4, 0.5) is 0 Å². The molecular formula is C4H10N2O3S. The van der Waals surface area contributed by atoms with E-state index in [1.165, 1.54) is 7.05 Å². The van der Waals surface area contributed by atoms with Gasteiger partial charge in [0, 0.05) is 13.0 Å². The molecule has 0 unspecified atom stereocenters. The summed E-state index contributed by atoms with van der Waals surface area (Å²) in [5.74, 6) is 0. The van der Waals surface area contributed by atoms with Gasteiger partial charge >= 0.3 is 0 Å². The zero-order valence-corrected chi connectivity index (χ0v) is 6.44. The minimum atomic E-state index is -3.73. The Kier molecular flexibility index (Phi) is 3.48. The van der Waals surface area contributed by atoms with E-state index in [4.69, 9.17) is 5.73 Å². The Labute approximate surface area is 59.6 Å². The summed E-state index contributed by atoms with van der Waals surface area (Å²) in [5.41, 5.74) is 4.97. The number of nitrogens with one attached hydrogen (secondary N) is 1. The number of carbonyl (C=O) groups excluding carboxylic acids is 1. The first-order valence-corrected chi connectivity index (χ1v) is 4.19. The van der Waals surface area contributed by atoms with E-state index in [1.54, 1.807) is 0 Å². The summed E-state index contributed by atoms with van der Waals surface area (Å²) in [5, 5.41) is -0.863. The van der Waals surface area contributed by atoms with Gasteiger partial charge in [0.1, 0.15) is 0 Å². The minimum absolute atomic E-state index is 0.0553. The molecule has 10 heavy (non-hydrogen) atoms. The Morgan fingerprint density at radius 2 is 2.10 bits per heavy atom. The lowest BCUT2D eigenvalue weighted by Gasteiger charge is -1.97. The average Bonchev–Trinajstić information content (AvgIpc) is 1.89. The van der Waals surface area contributed by atoms with E-state index in [0.29, 0.717) is 0 Å². The maximum Gasteiger partial charge on any atom is 0.274 e. The standard InChI is InChI=1S/C4H10N2O3S/c1-6-10(8,9)4(7)2-3-5/h6H,2-3,5H2,1H3. The lowest BCUT2D eigenvalue weighted by Crippen LogP contribution is -2.28. The molecule has 0 saturated carbocycles. The van der Waals surface area contributed by atoms with Gasteiger partial charge in [-0.15, -0.1) is 0 Å². The molecular weight excluding hydrogens is 156 g/mol. The molecule has 0 aliphatic rings. The number of nitrogens with two attached hydrogens (primary N) is 1. The Bertz CT molecular complexity index is 209. The van der Waals surface area contributed by atoms with Crippen molar-refractivity contribution in [1.82, 2.24) is 4.72 Å². The van der Waals surface area contributed by atoms with E-state index in [2.05, 4.69) is 0 Å². The van der Waals surface area contributed by atoms with E-state index in [-0.39, 0.29) is 13.0 Å². The summed E-state index contributed by atoms with van der Waals surface area (Å²) in [4.78, 5) is 10.6. The van der Waals surface area contributed by atoms with Crippen molar-refractivity contribution in [1.29, 1.82) is 0 Å². The fraction of sp³-hybridized carbons (Fsp3) is 0.750. The highest BCUT2D eigenvalue weighted by molar-refractivity contribution is 8.04. The van der Waals surface area contributed by atoms with Gasteiger partial charge in [0.25, 0.3) is 15.1 Å². The molecule has 0 spiro atoms. The summed E-state index contributed by atoms with van der Waals surface area (Å²) < 4.78 is 23.0. The van der Waals surface area contributed by atoms with Gasteiger partial charge in [-0.2, -0.15) is 0 Å². The number of carbonyl (C=O) groups is 1. The second-order valence-corrected chi connectivity index (χ2v) is 3.49. The fourth-order valence-electron chi connectivity index (χ4n) is 0.366.